The Balaban J connectivity index is 1.48. The van der Waals surface area contributed by atoms with Crippen molar-refractivity contribution in [3.8, 4) is 28.8 Å². The molecule has 4 aromatic rings. The van der Waals surface area contributed by atoms with Gasteiger partial charge in [0, 0.05) is 5.56 Å². The van der Waals surface area contributed by atoms with E-state index in [1.54, 1.807) is 6.07 Å². The molecule has 0 N–H and O–H groups in total. The van der Waals surface area contributed by atoms with Gasteiger partial charge in [0.2, 0.25) is 5.82 Å². The van der Waals surface area contributed by atoms with E-state index in [0.29, 0.717) is 29.8 Å². The van der Waals surface area contributed by atoms with Gasteiger partial charge in [-0.05, 0) is 40.2 Å². The molecule has 0 saturated heterocycles. The van der Waals surface area contributed by atoms with E-state index < -0.39 is 0 Å². The predicted octanol–water partition coefficient (Wildman–Crippen LogP) is 5.34. The lowest BCUT2D eigenvalue weighted by Crippen LogP contribution is -1.94. The Hall–Kier alpha value is -2.86. The third-order valence-corrected chi connectivity index (χ3v) is 4.19. The maximum atomic E-state index is 5.74. The van der Waals surface area contributed by atoms with Gasteiger partial charge in [-0.15, -0.1) is 0 Å². The van der Waals surface area contributed by atoms with E-state index in [1.807, 2.05) is 60.7 Å². The molecular weight excluding hydrogens is 384 g/mol. The van der Waals surface area contributed by atoms with Crippen molar-refractivity contribution in [3.05, 3.63) is 77.0 Å². The highest BCUT2D eigenvalue weighted by atomic mass is 79.9. The zero-order chi connectivity index (χ0) is 17.1. The van der Waals surface area contributed by atoms with E-state index >= 15 is 0 Å². The minimum atomic E-state index is 0.308. The van der Waals surface area contributed by atoms with Crippen LogP contribution >= 0.6 is 15.9 Å². The molecule has 25 heavy (non-hydrogen) atoms. The average Bonchev–Trinajstić information content (AvgIpc) is 3.31. The van der Waals surface area contributed by atoms with E-state index in [1.165, 1.54) is 0 Å². The van der Waals surface area contributed by atoms with Crippen LogP contribution in [-0.4, -0.2) is 10.1 Å². The lowest BCUT2D eigenvalue weighted by molar-refractivity contribution is 0.269. The number of nitrogens with zero attached hydrogens (tertiary/aromatic N) is 2. The van der Waals surface area contributed by atoms with Crippen molar-refractivity contribution in [1.82, 2.24) is 10.1 Å². The number of benzene rings is 2. The molecule has 2 aromatic heterocycles. The first kappa shape index (κ1) is 15.7. The molecule has 6 heteroatoms. The summed E-state index contributed by atoms with van der Waals surface area (Å²) in [6, 6.07) is 20.9. The second-order valence-electron chi connectivity index (χ2n) is 5.27. The first-order valence-corrected chi connectivity index (χ1v) is 8.44. The molecule has 0 spiro atoms. The van der Waals surface area contributed by atoms with Gasteiger partial charge in [-0.3, -0.25) is 0 Å². The number of para-hydroxylation sites is 1. The number of hydrogen-bond acceptors (Lipinski definition) is 5. The van der Waals surface area contributed by atoms with Crippen LogP contribution in [0.3, 0.4) is 0 Å². The number of ether oxygens (including phenoxy) is 1. The molecule has 0 amide bonds. The van der Waals surface area contributed by atoms with Gasteiger partial charge in [0.15, 0.2) is 5.76 Å². The third kappa shape index (κ3) is 3.49. The second kappa shape index (κ2) is 6.94. The van der Waals surface area contributed by atoms with Crippen molar-refractivity contribution < 1.29 is 13.7 Å². The quantitative estimate of drug-likeness (QED) is 0.455. The first-order valence-electron chi connectivity index (χ1n) is 7.65. The molecule has 0 radical (unpaired) electrons. The molecule has 124 valence electrons. The molecule has 4 rings (SSSR count). The van der Waals surface area contributed by atoms with Crippen LogP contribution in [-0.2, 0) is 6.61 Å². The van der Waals surface area contributed by atoms with Crippen LogP contribution in [0.5, 0.6) is 5.75 Å². The van der Waals surface area contributed by atoms with Crippen LogP contribution in [0.15, 0.2) is 80.1 Å². The summed E-state index contributed by atoms with van der Waals surface area (Å²) < 4.78 is 17.7. The van der Waals surface area contributed by atoms with Crippen molar-refractivity contribution in [2.75, 3.05) is 0 Å². The number of hydrogen-bond donors (Lipinski definition) is 0. The standard InChI is InChI=1S/C19H13BrN2O3/c20-15-8-4-5-9-16(15)23-12-14-10-11-17(24-14)19-21-18(22-25-19)13-6-2-1-3-7-13/h1-11H,12H2. The van der Waals surface area contributed by atoms with Crippen LogP contribution in [0.2, 0.25) is 0 Å². The predicted molar refractivity (Wildman–Crippen MR) is 95.9 cm³/mol. The van der Waals surface area contributed by atoms with Crippen LogP contribution in [0.4, 0.5) is 0 Å². The van der Waals surface area contributed by atoms with Crippen molar-refractivity contribution in [2.45, 2.75) is 6.61 Å². The maximum Gasteiger partial charge on any atom is 0.293 e. The summed E-state index contributed by atoms with van der Waals surface area (Å²) in [4.78, 5) is 4.38. The van der Waals surface area contributed by atoms with Gasteiger partial charge < -0.3 is 13.7 Å². The fourth-order valence-corrected chi connectivity index (χ4v) is 2.71. The van der Waals surface area contributed by atoms with E-state index in [0.717, 1.165) is 15.8 Å². The van der Waals surface area contributed by atoms with Crippen LogP contribution in [0, 0.1) is 0 Å². The van der Waals surface area contributed by atoms with Crippen molar-refractivity contribution in [3.63, 3.8) is 0 Å². The molecule has 2 heterocycles. The number of aromatic nitrogens is 2. The number of furan rings is 1. The maximum absolute atomic E-state index is 5.74. The van der Waals surface area contributed by atoms with Crippen molar-refractivity contribution >= 4 is 15.9 Å². The van der Waals surface area contributed by atoms with E-state index in [2.05, 4.69) is 26.1 Å². The fourth-order valence-electron chi connectivity index (χ4n) is 2.31. The van der Waals surface area contributed by atoms with Gasteiger partial charge in [-0.2, -0.15) is 4.98 Å². The Morgan fingerprint density at radius 2 is 1.72 bits per heavy atom. The van der Waals surface area contributed by atoms with Crippen LogP contribution in [0.25, 0.3) is 23.0 Å². The number of rotatable bonds is 5. The Labute approximate surface area is 152 Å². The minimum absolute atomic E-state index is 0.308. The Bertz CT molecular complexity index is 979. The normalized spacial score (nSPS) is 10.8. The zero-order valence-corrected chi connectivity index (χ0v) is 14.6. The highest BCUT2D eigenvalue weighted by Gasteiger charge is 2.14. The lowest BCUT2D eigenvalue weighted by atomic mass is 10.2. The Morgan fingerprint density at radius 1 is 0.920 bits per heavy atom. The molecule has 2 aromatic carbocycles. The monoisotopic (exact) mass is 396 g/mol. The van der Waals surface area contributed by atoms with E-state index in [9.17, 15) is 0 Å². The second-order valence-corrected chi connectivity index (χ2v) is 6.13. The first-order chi connectivity index (χ1) is 12.3. The summed E-state index contributed by atoms with van der Waals surface area (Å²) in [5, 5.41) is 3.99. The van der Waals surface area contributed by atoms with E-state index in [4.69, 9.17) is 13.7 Å². The molecular formula is C19H13BrN2O3. The van der Waals surface area contributed by atoms with Crippen LogP contribution < -0.4 is 4.74 Å². The molecule has 5 nitrogen and oxygen atoms in total. The molecule has 0 atom stereocenters. The molecule has 0 saturated carbocycles. The Kier molecular flexibility index (Phi) is 4.35. The van der Waals surface area contributed by atoms with E-state index in [-0.39, 0.29) is 0 Å². The van der Waals surface area contributed by atoms with Gasteiger partial charge in [0.05, 0.1) is 4.47 Å². The highest BCUT2D eigenvalue weighted by Crippen LogP contribution is 2.27. The summed E-state index contributed by atoms with van der Waals surface area (Å²) in [6.07, 6.45) is 0. The third-order valence-electron chi connectivity index (χ3n) is 3.54. The molecule has 0 bridgehead atoms. The smallest absolute Gasteiger partial charge is 0.293 e. The zero-order valence-electron chi connectivity index (χ0n) is 13.1. The molecule has 0 aliphatic heterocycles. The summed E-state index contributed by atoms with van der Waals surface area (Å²) in [5.74, 6) is 2.80. The topological polar surface area (TPSA) is 61.3 Å². The highest BCUT2D eigenvalue weighted by molar-refractivity contribution is 9.10. The van der Waals surface area contributed by atoms with Gasteiger partial charge >= 0.3 is 0 Å². The summed E-state index contributed by atoms with van der Waals surface area (Å²) in [7, 11) is 0. The summed E-state index contributed by atoms with van der Waals surface area (Å²) in [5.41, 5.74) is 0.890. The molecule has 0 unspecified atom stereocenters. The fraction of sp³-hybridized carbons (Fsp3) is 0.0526. The molecule has 0 fully saturated rings. The number of halogens is 1. The van der Waals surface area contributed by atoms with Crippen LogP contribution in [0.1, 0.15) is 5.76 Å². The van der Waals surface area contributed by atoms with Gasteiger partial charge in [0.25, 0.3) is 5.89 Å². The largest absolute Gasteiger partial charge is 0.484 e. The molecule has 0 aliphatic rings. The van der Waals surface area contributed by atoms with Gasteiger partial charge in [0.1, 0.15) is 18.1 Å². The van der Waals surface area contributed by atoms with Gasteiger partial charge in [-0.25, -0.2) is 0 Å². The minimum Gasteiger partial charge on any atom is -0.484 e. The summed E-state index contributed by atoms with van der Waals surface area (Å²) >= 11 is 3.45. The Morgan fingerprint density at radius 3 is 2.56 bits per heavy atom. The average molecular weight is 397 g/mol. The van der Waals surface area contributed by atoms with Gasteiger partial charge in [-0.1, -0.05) is 47.6 Å². The SMILES string of the molecule is Brc1ccccc1OCc1ccc(-c2nc(-c3ccccc3)no2)o1. The lowest BCUT2D eigenvalue weighted by Gasteiger charge is -2.05. The summed E-state index contributed by atoms with van der Waals surface area (Å²) in [6.45, 7) is 0.308. The molecule has 0 aliphatic carbocycles. The van der Waals surface area contributed by atoms with Crippen molar-refractivity contribution in [2.24, 2.45) is 0 Å². The van der Waals surface area contributed by atoms with Crippen molar-refractivity contribution in [1.29, 1.82) is 0 Å².